The summed E-state index contributed by atoms with van der Waals surface area (Å²) in [5.41, 5.74) is 1.01. The molecule has 1 N–H and O–H groups in total. The second kappa shape index (κ2) is 5.36. The molecule has 2 unspecified atom stereocenters. The summed E-state index contributed by atoms with van der Waals surface area (Å²) in [5.74, 6) is 0.375. The third-order valence-corrected chi connectivity index (χ3v) is 3.47. The highest BCUT2D eigenvalue weighted by Crippen LogP contribution is 2.27. The van der Waals surface area contributed by atoms with E-state index in [1.807, 2.05) is 35.2 Å². The highest BCUT2D eigenvalue weighted by atomic mass is 16.3. The number of carbonyl (C=O) groups is 1. The van der Waals surface area contributed by atoms with E-state index in [4.69, 9.17) is 0 Å². The first-order valence-corrected chi connectivity index (χ1v) is 6.21. The van der Waals surface area contributed by atoms with E-state index in [1.54, 1.807) is 0 Å². The molecule has 0 aromatic heterocycles. The predicted octanol–water partition coefficient (Wildman–Crippen LogP) is 0.692. The molecule has 0 aliphatic carbocycles. The van der Waals surface area contributed by atoms with Gasteiger partial charge in [-0.2, -0.15) is 0 Å². The van der Waals surface area contributed by atoms with Crippen LogP contribution in [0.4, 0.5) is 0 Å². The standard InChI is InChI=1S/C13H18BNO2/c14-12-7-4-8-13(17)15(12)11(9-16)10-5-2-1-3-6-10/h1-3,5-6,11-12,16H,4,7-9,14H2. The van der Waals surface area contributed by atoms with Gasteiger partial charge in [-0.25, -0.2) is 0 Å². The number of rotatable bonds is 3. The Morgan fingerprint density at radius 1 is 1.41 bits per heavy atom. The van der Waals surface area contributed by atoms with Crippen LogP contribution in [0.5, 0.6) is 0 Å². The van der Waals surface area contributed by atoms with Gasteiger partial charge in [0.15, 0.2) is 0 Å². The van der Waals surface area contributed by atoms with Gasteiger partial charge in [-0.3, -0.25) is 4.79 Å². The van der Waals surface area contributed by atoms with E-state index >= 15 is 0 Å². The largest absolute Gasteiger partial charge is 0.394 e. The third kappa shape index (κ3) is 2.52. The number of hydrogen-bond acceptors (Lipinski definition) is 2. The molecule has 1 aromatic carbocycles. The maximum atomic E-state index is 12.0. The van der Waals surface area contributed by atoms with Gasteiger partial charge in [-0.05, 0) is 18.4 Å². The van der Waals surface area contributed by atoms with Gasteiger partial charge in [0.05, 0.1) is 12.6 Å². The Bertz CT molecular complexity index is 382. The molecule has 4 heteroatoms. The van der Waals surface area contributed by atoms with E-state index in [1.165, 1.54) is 0 Å². The van der Waals surface area contributed by atoms with Crippen molar-refractivity contribution >= 4 is 13.8 Å². The molecule has 0 bridgehead atoms. The highest BCUT2D eigenvalue weighted by Gasteiger charge is 2.31. The zero-order valence-electron chi connectivity index (χ0n) is 10.2. The molecule has 90 valence electrons. The van der Waals surface area contributed by atoms with Gasteiger partial charge in [0.25, 0.3) is 0 Å². The van der Waals surface area contributed by atoms with Crippen LogP contribution >= 0.6 is 0 Å². The van der Waals surface area contributed by atoms with E-state index in [-0.39, 0.29) is 24.5 Å². The first-order chi connectivity index (χ1) is 8.24. The van der Waals surface area contributed by atoms with Crippen LogP contribution in [-0.4, -0.2) is 36.3 Å². The van der Waals surface area contributed by atoms with Crippen molar-refractivity contribution in [3.05, 3.63) is 35.9 Å². The predicted molar refractivity (Wildman–Crippen MR) is 69.3 cm³/mol. The lowest BCUT2D eigenvalue weighted by molar-refractivity contribution is -0.138. The Balaban J connectivity index is 2.25. The Hall–Kier alpha value is -1.29. The van der Waals surface area contributed by atoms with Crippen LogP contribution in [0.2, 0.25) is 0 Å². The fourth-order valence-electron chi connectivity index (χ4n) is 2.57. The van der Waals surface area contributed by atoms with Crippen molar-refractivity contribution in [1.82, 2.24) is 4.90 Å². The summed E-state index contributed by atoms with van der Waals surface area (Å²) in [6, 6.07) is 9.57. The van der Waals surface area contributed by atoms with Gasteiger partial charge < -0.3 is 10.0 Å². The van der Waals surface area contributed by atoms with Crippen molar-refractivity contribution < 1.29 is 9.90 Å². The van der Waals surface area contributed by atoms with Crippen molar-refractivity contribution in [2.45, 2.75) is 31.2 Å². The zero-order chi connectivity index (χ0) is 12.3. The second-order valence-corrected chi connectivity index (χ2v) is 4.65. The summed E-state index contributed by atoms with van der Waals surface area (Å²) in [6.45, 7) is -0.0138. The molecular weight excluding hydrogens is 213 g/mol. The van der Waals surface area contributed by atoms with Crippen LogP contribution < -0.4 is 0 Å². The van der Waals surface area contributed by atoms with Crippen LogP contribution in [0.25, 0.3) is 0 Å². The molecule has 1 saturated heterocycles. The van der Waals surface area contributed by atoms with Crippen LogP contribution in [0.1, 0.15) is 30.9 Å². The number of carbonyl (C=O) groups excluding carboxylic acids is 1. The topological polar surface area (TPSA) is 40.5 Å². The lowest BCUT2D eigenvalue weighted by Gasteiger charge is -2.39. The van der Waals surface area contributed by atoms with Crippen molar-refractivity contribution in [2.75, 3.05) is 6.61 Å². The Morgan fingerprint density at radius 3 is 2.71 bits per heavy atom. The quantitative estimate of drug-likeness (QED) is 0.777. The molecule has 1 fully saturated rings. The Kier molecular flexibility index (Phi) is 3.84. The van der Waals surface area contributed by atoms with E-state index in [0.29, 0.717) is 6.42 Å². The summed E-state index contributed by atoms with van der Waals surface area (Å²) in [4.78, 5) is 13.8. The molecule has 0 saturated carbocycles. The molecule has 1 aliphatic rings. The Labute approximate surface area is 103 Å². The number of aliphatic hydroxyl groups excluding tert-OH is 1. The monoisotopic (exact) mass is 231 g/mol. The number of benzene rings is 1. The maximum Gasteiger partial charge on any atom is 0.222 e. The van der Waals surface area contributed by atoms with Crippen LogP contribution in [0.3, 0.4) is 0 Å². The molecule has 1 aromatic rings. The highest BCUT2D eigenvalue weighted by molar-refractivity contribution is 6.13. The molecule has 1 amide bonds. The third-order valence-electron chi connectivity index (χ3n) is 3.47. The van der Waals surface area contributed by atoms with Crippen LogP contribution in [0.15, 0.2) is 30.3 Å². The van der Waals surface area contributed by atoms with E-state index in [9.17, 15) is 9.90 Å². The molecule has 17 heavy (non-hydrogen) atoms. The van der Waals surface area contributed by atoms with E-state index in [0.717, 1.165) is 18.4 Å². The molecule has 0 spiro atoms. The average molecular weight is 231 g/mol. The number of nitrogens with zero attached hydrogens (tertiary/aromatic N) is 1. The minimum Gasteiger partial charge on any atom is -0.394 e. The first-order valence-electron chi connectivity index (χ1n) is 6.21. The van der Waals surface area contributed by atoms with Crippen molar-refractivity contribution in [3.8, 4) is 0 Å². The molecule has 0 radical (unpaired) electrons. The van der Waals surface area contributed by atoms with Crippen molar-refractivity contribution in [3.63, 3.8) is 0 Å². The van der Waals surface area contributed by atoms with Gasteiger partial charge in [-0.1, -0.05) is 30.3 Å². The normalized spacial score (nSPS) is 22.5. The summed E-state index contributed by atoms with van der Waals surface area (Å²) in [6.07, 6.45) is 2.59. The van der Waals surface area contributed by atoms with Gasteiger partial charge in [-0.15, -0.1) is 0 Å². The molecule has 3 nitrogen and oxygen atoms in total. The SMILES string of the molecule is BC1CCCC(=O)N1C(CO)c1ccccc1. The molecule has 2 rings (SSSR count). The lowest BCUT2D eigenvalue weighted by Crippen LogP contribution is -2.47. The van der Waals surface area contributed by atoms with Gasteiger partial charge >= 0.3 is 0 Å². The summed E-state index contributed by atoms with van der Waals surface area (Å²) in [5, 5.41) is 9.57. The molecular formula is C13H18BNO2. The van der Waals surface area contributed by atoms with Gasteiger partial charge in [0.2, 0.25) is 5.91 Å². The summed E-state index contributed by atoms with van der Waals surface area (Å²) < 4.78 is 0. The van der Waals surface area contributed by atoms with Crippen LogP contribution in [-0.2, 0) is 4.79 Å². The number of likely N-dealkylation sites (tertiary alicyclic amines) is 1. The fourth-order valence-corrected chi connectivity index (χ4v) is 2.57. The first kappa shape index (κ1) is 12.2. The zero-order valence-corrected chi connectivity index (χ0v) is 10.2. The molecule has 1 heterocycles. The number of amides is 1. The van der Waals surface area contributed by atoms with Crippen molar-refractivity contribution in [1.29, 1.82) is 0 Å². The fraction of sp³-hybridized carbons (Fsp3) is 0.462. The average Bonchev–Trinajstić information content (AvgIpc) is 2.35. The number of hydrogen-bond donors (Lipinski definition) is 1. The summed E-state index contributed by atoms with van der Waals surface area (Å²) in [7, 11) is 2.06. The molecule has 1 aliphatic heterocycles. The minimum absolute atomic E-state index is 0.0138. The van der Waals surface area contributed by atoms with E-state index in [2.05, 4.69) is 7.85 Å². The van der Waals surface area contributed by atoms with Crippen molar-refractivity contribution in [2.24, 2.45) is 0 Å². The summed E-state index contributed by atoms with van der Waals surface area (Å²) >= 11 is 0. The van der Waals surface area contributed by atoms with Crippen LogP contribution in [0, 0.1) is 0 Å². The number of aliphatic hydroxyl groups is 1. The van der Waals surface area contributed by atoms with E-state index < -0.39 is 0 Å². The Morgan fingerprint density at radius 2 is 2.12 bits per heavy atom. The molecule has 2 atom stereocenters. The number of piperidine rings is 1. The minimum atomic E-state index is -0.195. The maximum absolute atomic E-state index is 12.0. The van der Waals surface area contributed by atoms with Gasteiger partial charge in [0, 0.05) is 12.4 Å². The second-order valence-electron chi connectivity index (χ2n) is 4.65. The smallest absolute Gasteiger partial charge is 0.222 e. The lowest BCUT2D eigenvalue weighted by atomic mass is 9.84. The van der Waals surface area contributed by atoms with Gasteiger partial charge in [0.1, 0.15) is 7.85 Å².